The summed E-state index contributed by atoms with van der Waals surface area (Å²) in [4.78, 5) is 30.0. The molecule has 2 aromatic carbocycles. The van der Waals surface area contributed by atoms with E-state index in [1.54, 1.807) is 11.6 Å². The molecule has 182 valence electrons. The Hall–Kier alpha value is -4.32. The van der Waals surface area contributed by atoms with Crippen molar-refractivity contribution in [3.63, 3.8) is 0 Å². The van der Waals surface area contributed by atoms with Crippen molar-refractivity contribution in [1.82, 2.24) is 19.9 Å². The minimum Gasteiger partial charge on any atom is -0.497 e. The normalized spacial score (nSPS) is 10.6. The zero-order valence-electron chi connectivity index (χ0n) is 19.4. The summed E-state index contributed by atoms with van der Waals surface area (Å²) < 4.78 is 22.7. The lowest BCUT2D eigenvalue weighted by atomic mass is 10.1. The summed E-state index contributed by atoms with van der Waals surface area (Å²) in [7, 11) is 5.98. The molecule has 2 heterocycles. The fourth-order valence-electron chi connectivity index (χ4n) is 3.36. The van der Waals surface area contributed by atoms with Crippen LogP contribution in [0.2, 0.25) is 0 Å². The molecule has 12 heteroatoms. The summed E-state index contributed by atoms with van der Waals surface area (Å²) in [5.41, 5.74) is 1.96. The lowest BCUT2D eigenvalue weighted by molar-refractivity contribution is -0.115. The van der Waals surface area contributed by atoms with Crippen molar-refractivity contribution in [1.29, 1.82) is 0 Å². The fraction of sp³-hybridized carbons (Fsp3) is 0.217. The Kier molecular flexibility index (Phi) is 7.01. The molecule has 0 aliphatic rings. The molecule has 0 aliphatic heterocycles. The molecule has 4 rings (SSSR count). The third-order valence-corrected chi connectivity index (χ3v) is 5.85. The van der Waals surface area contributed by atoms with Crippen molar-refractivity contribution in [2.24, 2.45) is 0 Å². The van der Waals surface area contributed by atoms with E-state index in [1.165, 1.54) is 44.8 Å². The van der Waals surface area contributed by atoms with Gasteiger partial charge >= 0.3 is 0 Å². The van der Waals surface area contributed by atoms with Gasteiger partial charge in [0.1, 0.15) is 5.75 Å². The Bertz CT molecular complexity index is 1360. The van der Waals surface area contributed by atoms with Gasteiger partial charge in [-0.05, 0) is 24.3 Å². The van der Waals surface area contributed by atoms with Crippen LogP contribution in [0.1, 0.15) is 10.4 Å². The molecule has 35 heavy (non-hydrogen) atoms. The van der Waals surface area contributed by atoms with Gasteiger partial charge in [0, 0.05) is 16.5 Å². The monoisotopic (exact) mass is 497 g/mol. The lowest BCUT2D eigenvalue weighted by Crippen LogP contribution is -2.33. The van der Waals surface area contributed by atoms with Gasteiger partial charge in [-0.1, -0.05) is 12.1 Å². The van der Waals surface area contributed by atoms with Crippen LogP contribution in [0.3, 0.4) is 0 Å². The Labute approximate surface area is 204 Å². The van der Waals surface area contributed by atoms with Gasteiger partial charge in [-0.25, -0.2) is 4.52 Å². The van der Waals surface area contributed by atoms with Crippen LogP contribution in [0.15, 0.2) is 41.8 Å². The summed E-state index contributed by atoms with van der Waals surface area (Å²) >= 11 is 1.39. The molecular weight excluding hydrogens is 474 g/mol. The number of nitrogens with one attached hydrogen (secondary N) is 2. The van der Waals surface area contributed by atoms with E-state index in [1.807, 2.05) is 29.6 Å². The van der Waals surface area contributed by atoms with Crippen LogP contribution in [0.5, 0.6) is 23.0 Å². The van der Waals surface area contributed by atoms with Crippen molar-refractivity contribution in [2.45, 2.75) is 0 Å². The molecule has 0 aliphatic carbocycles. The third kappa shape index (κ3) is 4.96. The number of hydrogen-bond acceptors (Lipinski definition) is 9. The zero-order chi connectivity index (χ0) is 24.9. The molecule has 0 spiro atoms. The Morgan fingerprint density at radius 2 is 1.74 bits per heavy atom. The first-order chi connectivity index (χ1) is 17.0. The van der Waals surface area contributed by atoms with Crippen LogP contribution < -0.4 is 29.6 Å². The van der Waals surface area contributed by atoms with Gasteiger partial charge in [0.2, 0.25) is 16.6 Å². The second kappa shape index (κ2) is 10.3. The molecule has 0 fully saturated rings. The van der Waals surface area contributed by atoms with Crippen LogP contribution in [0, 0.1) is 0 Å². The van der Waals surface area contributed by atoms with E-state index >= 15 is 0 Å². The highest BCUT2D eigenvalue weighted by Gasteiger charge is 2.18. The maximum Gasteiger partial charge on any atom is 0.251 e. The minimum atomic E-state index is -0.488. The van der Waals surface area contributed by atoms with Crippen molar-refractivity contribution >= 4 is 34.1 Å². The molecule has 2 aromatic heterocycles. The molecule has 2 N–H and O–H groups in total. The largest absolute Gasteiger partial charge is 0.497 e. The number of thiazole rings is 1. The SMILES string of the molecule is COc1cccc(-c2csc3nc(NC(=O)CNC(=O)c4cc(OC)c(OC)c(OC)c4)nn23)c1. The predicted octanol–water partition coefficient (Wildman–Crippen LogP) is 2.86. The molecule has 0 saturated carbocycles. The van der Waals surface area contributed by atoms with E-state index < -0.39 is 11.8 Å². The highest BCUT2D eigenvalue weighted by molar-refractivity contribution is 7.15. The molecule has 4 aromatic rings. The second-order valence-corrected chi connectivity index (χ2v) is 7.96. The summed E-state index contributed by atoms with van der Waals surface area (Å²) in [6.07, 6.45) is 0. The number of methoxy groups -OCH3 is 4. The average Bonchev–Trinajstić information content (AvgIpc) is 3.46. The predicted molar refractivity (Wildman–Crippen MR) is 130 cm³/mol. The number of aromatic nitrogens is 3. The Morgan fingerprint density at radius 1 is 1.00 bits per heavy atom. The smallest absolute Gasteiger partial charge is 0.251 e. The Balaban J connectivity index is 1.43. The van der Waals surface area contributed by atoms with Gasteiger partial charge in [-0.3, -0.25) is 14.9 Å². The number of anilines is 1. The first-order valence-corrected chi connectivity index (χ1v) is 11.2. The first kappa shape index (κ1) is 23.8. The van der Waals surface area contributed by atoms with Crippen molar-refractivity contribution in [3.05, 3.63) is 47.3 Å². The summed E-state index contributed by atoms with van der Waals surface area (Å²) in [6, 6.07) is 10.6. The first-order valence-electron chi connectivity index (χ1n) is 10.3. The van der Waals surface area contributed by atoms with Gasteiger partial charge in [0.15, 0.2) is 11.5 Å². The van der Waals surface area contributed by atoms with E-state index in [0.29, 0.717) is 22.2 Å². The Morgan fingerprint density at radius 3 is 2.40 bits per heavy atom. The van der Waals surface area contributed by atoms with Crippen LogP contribution in [-0.4, -0.2) is 61.4 Å². The minimum absolute atomic E-state index is 0.132. The van der Waals surface area contributed by atoms with Crippen LogP contribution in [0.4, 0.5) is 5.95 Å². The number of hydrogen-bond donors (Lipinski definition) is 2. The lowest BCUT2D eigenvalue weighted by Gasteiger charge is -2.14. The topological polar surface area (TPSA) is 125 Å². The number of carbonyl (C=O) groups excluding carboxylic acids is 2. The number of rotatable bonds is 9. The van der Waals surface area contributed by atoms with Crippen molar-refractivity contribution < 1.29 is 28.5 Å². The van der Waals surface area contributed by atoms with Crippen molar-refractivity contribution in [2.75, 3.05) is 40.3 Å². The number of carbonyl (C=O) groups is 2. The number of ether oxygens (including phenoxy) is 4. The van der Waals surface area contributed by atoms with Gasteiger partial charge in [-0.15, -0.1) is 16.4 Å². The number of amides is 2. The summed E-state index contributed by atoms with van der Waals surface area (Å²) in [6.45, 7) is -0.287. The molecule has 0 saturated heterocycles. The molecular formula is C23H23N5O6S. The summed E-state index contributed by atoms with van der Waals surface area (Å²) in [5.74, 6) is 0.909. The van der Waals surface area contributed by atoms with Crippen LogP contribution >= 0.6 is 11.3 Å². The quantitative estimate of drug-likeness (QED) is 0.362. The second-order valence-electron chi connectivity index (χ2n) is 7.13. The van der Waals surface area contributed by atoms with E-state index in [4.69, 9.17) is 18.9 Å². The van der Waals surface area contributed by atoms with Crippen LogP contribution in [0.25, 0.3) is 16.2 Å². The maximum atomic E-state index is 12.6. The molecule has 0 unspecified atom stereocenters. The van der Waals surface area contributed by atoms with Gasteiger partial charge in [-0.2, -0.15) is 4.98 Å². The average molecular weight is 498 g/mol. The summed E-state index contributed by atoms with van der Waals surface area (Å²) in [5, 5.41) is 11.5. The van der Waals surface area contributed by atoms with Gasteiger partial charge in [0.25, 0.3) is 11.9 Å². The standard InChI is InChI=1S/C23H23N5O6S/c1-31-15-7-5-6-13(8-15)16-12-35-23-26-22(27-28(16)23)25-19(29)11-24-21(30)14-9-17(32-2)20(34-4)18(10-14)33-3/h5-10,12H,11H2,1-4H3,(H,24,30)(H,25,27,29). The van der Waals surface area contributed by atoms with Gasteiger partial charge < -0.3 is 24.3 Å². The van der Waals surface area contributed by atoms with E-state index in [-0.39, 0.29) is 18.1 Å². The highest BCUT2D eigenvalue weighted by Crippen LogP contribution is 2.38. The molecule has 2 amide bonds. The van der Waals surface area contributed by atoms with Crippen molar-refractivity contribution in [3.8, 4) is 34.3 Å². The maximum absolute atomic E-state index is 12.6. The number of benzene rings is 2. The van der Waals surface area contributed by atoms with E-state index in [2.05, 4.69) is 20.7 Å². The fourth-order valence-corrected chi connectivity index (χ4v) is 4.19. The molecule has 0 bridgehead atoms. The molecule has 0 radical (unpaired) electrons. The number of nitrogens with zero attached hydrogens (tertiary/aromatic N) is 3. The third-order valence-electron chi connectivity index (χ3n) is 5.03. The van der Waals surface area contributed by atoms with Gasteiger partial charge in [0.05, 0.1) is 40.7 Å². The molecule has 0 atom stereocenters. The highest BCUT2D eigenvalue weighted by atomic mass is 32.1. The van der Waals surface area contributed by atoms with E-state index in [9.17, 15) is 9.59 Å². The number of fused-ring (bicyclic) bond motifs is 1. The molecule has 11 nitrogen and oxygen atoms in total. The van der Waals surface area contributed by atoms with E-state index in [0.717, 1.165) is 17.0 Å². The van der Waals surface area contributed by atoms with Crippen LogP contribution in [-0.2, 0) is 4.79 Å². The zero-order valence-corrected chi connectivity index (χ0v) is 20.3.